The molecular formula is C26H28ClN7. The molecule has 2 aromatic carbocycles. The Morgan fingerprint density at radius 1 is 0.882 bits per heavy atom. The van der Waals surface area contributed by atoms with Crippen molar-refractivity contribution >= 4 is 23.2 Å². The second-order valence-corrected chi connectivity index (χ2v) is 8.86. The molecule has 5 rings (SSSR count). The fraction of sp³-hybridized carbons (Fsp3) is 0.269. The van der Waals surface area contributed by atoms with Crippen LogP contribution >= 0.6 is 11.6 Å². The molecule has 34 heavy (non-hydrogen) atoms. The van der Waals surface area contributed by atoms with Gasteiger partial charge in [-0.25, -0.2) is 9.67 Å². The topological polar surface area (TPSA) is 62.1 Å². The Labute approximate surface area is 205 Å². The molecule has 8 heteroatoms. The lowest BCUT2D eigenvalue weighted by atomic mass is 10.2. The lowest BCUT2D eigenvalue weighted by Crippen LogP contribution is -2.45. The smallest absolute Gasteiger partial charge is 0.229 e. The molecule has 2 aromatic heterocycles. The van der Waals surface area contributed by atoms with Crippen LogP contribution in [0.5, 0.6) is 0 Å². The van der Waals surface area contributed by atoms with Crippen LogP contribution in [-0.2, 0) is 6.54 Å². The van der Waals surface area contributed by atoms with Gasteiger partial charge in [-0.2, -0.15) is 10.1 Å². The van der Waals surface area contributed by atoms with Gasteiger partial charge in [0.15, 0.2) is 5.82 Å². The Morgan fingerprint density at radius 2 is 1.62 bits per heavy atom. The average molecular weight is 474 g/mol. The first-order valence-electron chi connectivity index (χ1n) is 11.6. The number of aromatic nitrogens is 4. The molecule has 0 amide bonds. The largest absolute Gasteiger partial charge is 0.324 e. The van der Waals surface area contributed by atoms with Crippen molar-refractivity contribution < 1.29 is 0 Å². The molecule has 0 bridgehead atoms. The number of halogens is 1. The maximum Gasteiger partial charge on any atom is 0.229 e. The molecule has 1 saturated heterocycles. The summed E-state index contributed by atoms with van der Waals surface area (Å²) in [6.45, 7) is 8.92. The van der Waals surface area contributed by atoms with Gasteiger partial charge in [-0.1, -0.05) is 42.8 Å². The molecule has 0 unspecified atom stereocenters. The van der Waals surface area contributed by atoms with E-state index >= 15 is 0 Å². The number of piperazine rings is 1. The summed E-state index contributed by atoms with van der Waals surface area (Å²) in [5, 5.41) is 8.66. The average Bonchev–Trinajstić information content (AvgIpc) is 3.37. The second kappa shape index (κ2) is 10.3. The molecule has 3 heterocycles. The van der Waals surface area contributed by atoms with Crippen molar-refractivity contribution in [1.82, 2.24) is 29.5 Å². The van der Waals surface area contributed by atoms with Crippen LogP contribution in [0.3, 0.4) is 0 Å². The van der Waals surface area contributed by atoms with Crippen molar-refractivity contribution in [3.63, 3.8) is 0 Å². The van der Waals surface area contributed by atoms with Crippen molar-refractivity contribution in [2.24, 2.45) is 0 Å². The zero-order chi connectivity index (χ0) is 23.3. The third-order valence-electron chi connectivity index (χ3n) is 6.13. The number of rotatable bonds is 7. The predicted molar refractivity (Wildman–Crippen MR) is 137 cm³/mol. The van der Waals surface area contributed by atoms with Gasteiger partial charge in [0.05, 0.1) is 5.69 Å². The molecule has 4 aromatic rings. The quantitative estimate of drug-likeness (QED) is 0.413. The lowest BCUT2D eigenvalue weighted by Gasteiger charge is -2.34. The van der Waals surface area contributed by atoms with Crippen molar-refractivity contribution in [3.05, 3.63) is 83.6 Å². The third-order valence-corrected chi connectivity index (χ3v) is 6.39. The van der Waals surface area contributed by atoms with Gasteiger partial charge in [0.2, 0.25) is 5.95 Å². The Morgan fingerprint density at radius 3 is 2.35 bits per heavy atom. The highest BCUT2D eigenvalue weighted by atomic mass is 35.5. The molecule has 1 aliphatic rings. The Hall–Kier alpha value is -3.26. The van der Waals surface area contributed by atoms with Gasteiger partial charge in [-0.15, -0.1) is 0 Å². The fourth-order valence-corrected chi connectivity index (χ4v) is 4.23. The van der Waals surface area contributed by atoms with E-state index < -0.39 is 0 Å². The van der Waals surface area contributed by atoms with Gasteiger partial charge < -0.3 is 10.2 Å². The molecular weight excluding hydrogens is 446 g/mol. The number of nitrogens with zero attached hydrogens (tertiary/aromatic N) is 6. The predicted octanol–water partition coefficient (Wildman–Crippen LogP) is 4.86. The van der Waals surface area contributed by atoms with E-state index in [1.54, 1.807) is 10.9 Å². The summed E-state index contributed by atoms with van der Waals surface area (Å²) in [7, 11) is 0. The molecule has 0 spiro atoms. The van der Waals surface area contributed by atoms with Gasteiger partial charge in [-0.05, 0) is 42.4 Å². The Kier molecular flexibility index (Phi) is 6.85. The molecule has 1 aliphatic heterocycles. The van der Waals surface area contributed by atoms with Crippen molar-refractivity contribution in [3.8, 4) is 17.1 Å². The zero-order valence-electron chi connectivity index (χ0n) is 19.2. The van der Waals surface area contributed by atoms with Crippen LogP contribution in [0.2, 0.25) is 5.02 Å². The summed E-state index contributed by atoms with van der Waals surface area (Å²) in [5.74, 6) is 1.23. The van der Waals surface area contributed by atoms with Crippen LogP contribution in [0.1, 0.15) is 12.5 Å². The van der Waals surface area contributed by atoms with E-state index in [-0.39, 0.29) is 0 Å². The molecule has 0 radical (unpaired) electrons. The van der Waals surface area contributed by atoms with Crippen LogP contribution < -0.4 is 5.32 Å². The number of anilines is 2. The van der Waals surface area contributed by atoms with Crippen LogP contribution in [0.25, 0.3) is 17.1 Å². The minimum absolute atomic E-state index is 0.532. The number of likely N-dealkylation sites (N-methyl/N-ethyl adjacent to an activating group) is 1. The Balaban J connectivity index is 1.23. The summed E-state index contributed by atoms with van der Waals surface area (Å²) in [6, 6.07) is 19.9. The molecule has 1 fully saturated rings. The van der Waals surface area contributed by atoms with E-state index in [1.807, 2.05) is 42.6 Å². The fourth-order valence-electron chi connectivity index (χ4n) is 4.11. The highest BCUT2D eigenvalue weighted by Gasteiger charge is 2.15. The van der Waals surface area contributed by atoms with Gasteiger partial charge >= 0.3 is 0 Å². The molecule has 0 atom stereocenters. The first kappa shape index (κ1) is 22.5. The van der Waals surface area contributed by atoms with Crippen LogP contribution in [0, 0.1) is 0 Å². The monoisotopic (exact) mass is 473 g/mol. The van der Waals surface area contributed by atoms with E-state index in [2.05, 4.69) is 61.4 Å². The molecule has 0 saturated carbocycles. The number of nitrogens with one attached hydrogen (secondary N) is 1. The Bertz CT molecular complexity index is 1210. The number of benzene rings is 2. The first-order chi connectivity index (χ1) is 16.7. The first-order valence-corrected chi connectivity index (χ1v) is 12.0. The molecule has 0 aliphatic carbocycles. The van der Waals surface area contributed by atoms with E-state index in [4.69, 9.17) is 11.6 Å². The highest BCUT2D eigenvalue weighted by Crippen LogP contribution is 2.21. The van der Waals surface area contributed by atoms with Crippen molar-refractivity contribution in [2.45, 2.75) is 13.5 Å². The van der Waals surface area contributed by atoms with Gasteiger partial charge in [0.1, 0.15) is 0 Å². The standard InChI is InChI=1S/C26H28ClN7/c1-2-32-15-17-33(18-16-32)19-20-3-9-23(10-4-20)29-26-28-13-11-25(30-26)34-14-12-24(31-34)21-5-7-22(27)8-6-21/h3-14H,2,15-19H2,1H3,(H,28,29,30). The van der Waals surface area contributed by atoms with Gasteiger partial charge in [-0.3, -0.25) is 4.90 Å². The van der Waals surface area contributed by atoms with E-state index in [0.717, 1.165) is 56.2 Å². The molecule has 1 N–H and O–H groups in total. The summed E-state index contributed by atoms with van der Waals surface area (Å²) in [4.78, 5) is 14.0. The van der Waals surface area contributed by atoms with Gasteiger partial charge in [0.25, 0.3) is 0 Å². The summed E-state index contributed by atoms with van der Waals surface area (Å²) in [5.41, 5.74) is 4.13. The number of hydrogen-bond acceptors (Lipinski definition) is 6. The van der Waals surface area contributed by atoms with Crippen LogP contribution in [-0.4, -0.2) is 62.3 Å². The van der Waals surface area contributed by atoms with E-state index in [1.165, 1.54) is 5.56 Å². The lowest BCUT2D eigenvalue weighted by molar-refractivity contribution is 0.132. The minimum Gasteiger partial charge on any atom is -0.324 e. The van der Waals surface area contributed by atoms with Crippen LogP contribution in [0.15, 0.2) is 73.1 Å². The summed E-state index contributed by atoms with van der Waals surface area (Å²) >= 11 is 5.99. The summed E-state index contributed by atoms with van der Waals surface area (Å²) in [6.07, 6.45) is 3.63. The SMILES string of the molecule is CCN1CCN(Cc2ccc(Nc3nccc(-n4ccc(-c5ccc(Cl)cc5)n4)n3)cc2)CC1. The maximum atomic E-state index is 5.99. The van der Waals surface area contributed by atoms with Crippen molar-refractivity contribution in [1.29, 1.82) is 0 Å². The summed E-state index contributed by atoms with van der Waals surface area (Å²) < 4.78 is 1.75. The van der Waals surface area contributed by atoms with E-state index in [9.17, 15) is 0 Å². The third kappa shape index (κ3) is 5.44. The highest BCUT2D eigenvalue weighted by molar-refractivity contribution is 6.30. The van der Waals surface area contributed by atoms with Crippen molar-refractivity contribution in [2.75, 3.05) is 38.0 Å². The minimum atomic E-state index is 0.532. The van der Waals surface area contributed by atoms with E-state index in [0.29, 0.717) is 16.8 Å². The molecule has 7 nitrogen and oxygen atoms in total. The second-order valence-electron chi connectivity index (χ2n) is 8.42. The molecule has 174 valence electrons. The van der Waals surface area contributed by atoms with Gasteiger partial charge in [0, 0.05) is 67.5 Å². The van der Waals surface area contributed by atoms with Crippen LogP contribution in [0.4, 0.5) is 11.6 Å². The number of hydrogen-bond donors (Lipinski definition) is 1. The maximum absolute atomic E-state index is 5.99. The normalized spacial score (nSPS) is 14.9. The zero-order valence-corrected chi connectivity index (χ0v) is 20.0.